The molecule has 248 valence electrons. The van der Waals surface area contributed by atoms with Crippen molar-refractivity contribution in [3.05, 3.63) is 60.6 Å². The number of amides is 1. The van der Waals surface area contributed by atoms with E-state index in [4.69, 9.17) is 24.0 Å². The van der Waals surface area contributed by atoms with Crippen LogP contribution in [-0.4, -0.2) is 94.0 Å². The van der Waals surface area contributed by atoms with E-state index >= 15 is 0 Å². The Morgan fingerprint density at radius 2 is 1.85 bits per heavy atom. The van der Waals surface area contributed by atoms with Crippen molar-refractivity contribution in [2.45, 2.75) is 13.0 Å². The number of anilines is 3. The first-order valence-electron chi connectivity index (χ1n) is 14.0. The molecule has 4 N–H and O–H groups in total. The molecule has 2 aromatic carbocycles. The van der Waals surface area contributed by atoms with Crippen molar-refractivity contribution >= 4 is 42.0 Å². The van der Waals surface area contributed by atoms with Crippen molar-refractivity contribution < 1.29 is 46.7 Å². The summed E-state index contributed by atoms with van der Waals surface area (Å²) in [5.41, 5.74) is 0.288. The molecule has 0 atom stereocenters. The molecule has 15 nitrogen and oxygen atoms in total. The predicted octanol–water partition coefficient (Wildman–Crippen LogP) is 3.32. The minimum atomic E-state index is -4.54. The Balaban J connectivity index is 1.36. The van der Waals surface area contributed by atoms with Crippen LogP contribution >= 0.6 is 7.82 Å². The minimum Gasteiger partial charge on any atom is -0.493 e. The Hall–Kier alpha value is -4.25. The SMILES string of the molecule is COCCN(CCCOc1cc2ncnc(Nc3ccn(CC(=O)Nc4cccc(F)c4F)n3)c2cc1OC)CCOP(=O)(O)O. The average molecular weight is 666 g/mol. The van der Waals surface area contributed by atoms with E-state index < -0.39 is 25.4 Å². The molecule has 0 aliphatic heterocycles. The quantitative estimate of drug-likeness (QED) is 0.0898. The van der Waals surface area contributed by atoms with E-state index in [1.54, 1.807) is 31.5 Å². The molecule has 4 aromatic rings. The summed E-state index contributed by atoms with van der Waals surface area (Å²) in [6, 6.07) is 8.55. The van der Waals surface area contributed by atoms with Gasteiger partial charge in [-0.05, 0) is 24.6 Å². The van der Waals surface area contributed by atoms with Crippen LogP contribution in [0.25, 0.3) is 10.9 Å². The largest absolute Gasteiger partial charge is 0.493 e. The van der Waals surface area contributed by atoms with Crippen LogP contribution in [0.4, 0.5) is 26.1 Å². The van der Waals surface area contributed by atoms with Gasteiger partial charge in [-0.3, -0.25) is 18.9 Å². The summed E-state index contributed by atoms with van der Waals surface area (Å²) in [4.78, 5) is 40.8. The van der Waals surface area contributed by atoms with Gasteiger partial charge < -0.3 is 34.6 Å². The lowest BCUT2D eigenvalue weighted by Gasteiger charge is -2.22. The summed E-state index contributed by atoms with van der Waals surface area (Å²) < 4.78 is 60.8. The second-order valence-corrected chi connectivity index (χ2v) is 11.0. The van der Waals surface area contributed by atoms with Crippen molar-refractivity contribution in [3.63, 3.8) is 0 Å². The van der Waals surface area contributed by atoms with E-state index in [2.05, 4.69) is 30.2 Å². The molecule has 0 bridgehead atoms. The van der Waals surface area contributed by atoms with Crippen molar-refractivity contribution in [2.75, 3.05) is 64.3 Å². The van der Waals surface area contributed by atoms with Crippen LogP contribution in [0.2, 0.25) is 0 Å². The van der Waals surface area contributed by atoms with Crippen LogP contribution in [0.1, 0.15) is 6.42 Å². The molecule has 2 heterocycles. The molecule has 0 unspecified atom stereocenters. The molecule has 0 fully saturated rings. The van der Waals surface area contributed by atoms with E-state index in [1.807, 2.05) is 4.90 Å². The lowest BCUT2D eigenvalue weighted by molar-refractivity contribution is -0.116. The number of hydrogen-bond donors (Lipinski definition) is 4. The fraction of sp³-hybridized carbons (Fsp3) is 0.357. The van der Waals surface area contributed by atoms with Gasteiger partial charge in [0.15, 0.2) is 29.0 Å². The second-order valence-electron chi connectivity index (χ2n) is 9.78. The predicted molar refractivity (Wildman–Crippen MR) is 163 cm³/mol. The molecule has 0 spiro atoms. The Morgan fingerprint density at radius 1 is 1.04 bits per heavy atom. The van der Waals surface area contributed by atoms with Crippen LogP contribution in [0, 0.1) is 11.6 Å². The summed E-state index contributed by atoms with van der Waals surface area (Å²) >= 11 is 0. The van der Waals surface area contributed by atoms with Crippen molar-refractivity contribution in [1.82, 2.24) is 24.6 Å². The lowest BCUT2D eigenvalue weighted by Crippen LogP contribution is -2.32. The second kappa shape index (κ2) is 16.4. The number of phosphoric ester groups is 1. The number of fused-ring (bicyclic) bond motifs is 1. The molecule has 46 heavy (non-hydrogen) atoms. The highest BCUT2D eigenvalue weighted by molar-refractivity contribution is 7.46. The number of halogens is 2. The molecule has 1 amide bonds. The van der Waals surface area contributed by atoms with Gasteiger partial charge in [0.2, 0.25) is 5.91 Å². The van der Waals surface area contributed by atoms with Crippen molar-refractivity contribution in [2.24, 2.45) is 0 Å². The third-order valence-electron chi connectivity index (χ3n) is 6.49. The Morgan fingerprint density at radius 3 is 2.61 bits per heavy atom. The number of phosphoric acid groups is 1. The van der Waals surface area contributed by atoms with E-state index in [9.17, 15) is 18.1 Å². The fourth-order valence-electron chi connectivity index (χ4n) is 4.33. The first-order chi connectivity index (χ1) is 22.1. The number of hydrogen-bond acceptors (Lipinski definition) is 11. The van der Waals surface area contributed by atoms with Crippen molar-refractivity contribution in [3.8, 4) is 11.5 Å². The molecule has 0 aliphatic carbocycles. The number of nitrogens with zero attached hydrogens (tertiary/aromatic N) is 5. The zero-order chi connectivity index (χ0) is 33.1. The highest BCUT2D eigenvalue weighted by Crippen LogP contribution is 2.36. The summed E-state index contributed by atoms with van der Waals surface area (Å²) in [6.07, 6.45) is 3.50. The summed E-state index contributed by atoms with van der Waals surface area (Å²) in [6.45, 7) is 1.80. The number of ether oxygens (including phenoxy) is 3. The lowest BCUT2D eigenvalue weighted by atomic mass is 10.2. The number of carbonyl (C=O) groups excluding carboxylic acids is 1. The smallest absolute Gasteiger partial charge is 0.469 e. The molecule has 0 saturated carbocycles. The number of methoxy groups -OCH3 is 2. The Bertz CT molecular complexity index is 1670. The molecule has 0 radical (unpaired) electrons. The summed E-state index contributed by atoms with van der Waals surface area (Å²) in [7, 11) is -1.47. The molecule has 4 rings (SSSR count). The fourth-order valence-corrected chi connectivity index (χ4v) is 4.65. The molecular weight excluding hydrogens is 631 g/mol. The summed E-state index contributed by atoms with van der Waals surface area (Å²) in [5, 5.41) is 10.3. The molecule has 0 aliphatic rings. The summed E-state index contributed by atoms with van der Waals surface area (Å²) in [5.74, 6) is -1.14. The first kappa shape index (κ1) is 34.6. The molecule has 2 aromatic heterocycles. The zero-order valence-corrected chi connectivity index (χ0v) is 26.0. The van der Waals surface area contributed by atoms with Gasteiger partial charge in [-0.25, -0.2) is 23.3 Å². The van der Waals surface area contributed by atoms with Gasteiger partial charge >= 0.3 is 7.82 Å². The zero-order valence-electron chi connectivity index (χ0n) is 25.1. The topological polar surface area (TPSA) is 182 Å². The highest BCUT2D eigenvalue weighted by Gasteiger charge is 2.16. The van der Waals surface area contributed by atoms with E-state index in [0.717, 1.165) is 6.07 Å². The number of carbonyl (C=O) groups is 1. The molecular formula is C28H34F2N7O8P. The molecule has 18 heteroatoms. The number of rotatable bonds is 18. The van der Waals surface area contributed by atoms with Crippen LogP contribution < -0.4 is 20.1 Å². The van der Waals surface area contributed by atoms with E-state index in [-0.39, 0.29) is 18.8 Å². The Kier molecular flexibility index (Phi) is 12.3. The van der Waals surface area contributed by atoms with E-state index in [1.165, 1.54) is 30.3 Å². The van der Waals surface area contributed by atoms with Gasteiger partial charge in [0.1, 0.15) is 18.7 Å². The first-order valence-corrected chi connectivity index (χ1v) is 15.5. The van der Waals surface area contributed by atoms with Gasteiger partial charge in [-0.1, -0.05) is 6.07 Å². The van der Waals surface area contributed by atoms with Crippen LogP contribution in [0.5, 0.6) is 11.5 Å². The highest BCUT2D eigenvalue weighted by atomic mass is 31.2. The van der Waals surface area contributed by atoms with Crippen LogP contribution in [-0.2, 0) is 25.2 Å². The third kappa shape index (κ3) is 10.1. The van der Waals surface area contributed by atoms with Gasteiger partial charge in [0, 0.05) is 50.5 Å². The van der Waals surface area contributed by atoms with Crippen molar-refractivity contribution in [1.29, 1.82) is 0 Å². The maximum absolute atomic E-state index is 13.9. The maximum Gasteiger partial charge on any atom is 0.469 e. The van der Waals surface area contributed by atoms with Gasteiger partial charge in [-0.15, -0.1) is 0 Å². The normalized spacial score (nSPS) is 11.6. The number of aromatic nitrogens is 4. The Labute approximate surface area is 262 Å². The van der Waals surface area contributed by atoms with Crippen LogP contribution in [0.15, 0.2) is 48.9 Å². The van der Waals surface area contributed by atoms with Gasteiger partial charge in [0.25, 0.3) is 0 Å². The monoisotopic (exact) mass is 665 g/mol. The number of nitrogens with one attached hydrogen (secondary N) is 2. The average Bonchev–Trinajstić information content (AvgIpc) is 3.45. The number of benzene rings is 2. The minimum absolute atomic E-state index is 0.128. The van der Waals surface area contributed by atoms with E-state index in [0.29, 0.717) is 73.3 Å². The third-order valence-corrected chi connectivity index (χ3v) is 7.01. The molecule has 0 saturated heterocycles. The maximum atomic E-state index is 13.9. The van der Waals surface area contributed by atoms with Gasteiger partial charge in [-0.2, -0.15) is 5.10 Å². The standard InChI is InChI=1S/C28H34F2N7O8P/c1-42-13-10-36(11-14-45-46(39,40)41)8-4-12-44-24-16-22-19(15-23(24)43-2)28(32-18-31-22)34-25-7-9-37(35-25)17-26(38)33-21-6-3-5-20(29)27(21)30/h3,5-7,9,15-16,18H,4,8,10-14,17H2,1-2H3,(H,33,38)(H2,39,40,41)(H,31,32,34,35). The van der Waals surface area contributed by atoms with Crippen LogP contribution in [0.3, 0.4) is 0 Å². The van der Waals surface area contributed by atoms with Gasteiger partial charge in [0.05, 0.1) is 38.1 Å².